The number of piperazine rings is 1. The van der Waals surface area contributed by atoms with E-state index in [1.54, 1.807) is 0 Å². The van der Waals surface area contributed by atoms with E-state index in [2.05, 4.69) is 6.07 Å². The van der Waals surface area contributed by atoms with Crippen molar-refractivity contribution in [2.24, 2.45) is 0 Å². The van der Waals surface area contributed by atoms with E-state index in [-0.39, 0.29) is 23.8 Å². The van der Waals surface area contributed by atoms with E-state index in [0.717, 1.165) is 22.2 Å². The first-order chi connectivity index (χ1) is 16.4. The van der Waals surface area contributed by atoms with Gasteiger partial charge in [0.2, 0.25) is 5.91 Å². The van der Waals surface area contributed by atoms with Gasteiger partial charge in [-0.15, -0.1) is 0 Å². The summed E-state index contributed by atoms with van der Waals surface area (Å²) in [6.07, 6.45) is 0. The van der Waals surface area contributed by atoms with Gasteiger partial charge >= 0.3 is 0 Å². The van der Waals surface area contributed by atoms with Crippen molar-refractivity contribution >= 4 is 33.6 Å². The number of rotatable bonds is 3. The Morgan fingerprint density at radius 2 is 1.24 bits per heavy atom. The highest BCUT2D eigenvalue weighted by molar-refractivity contribution is 5.96. The molecule has 0 saturated carbocycles. The van der Waals surface area contributed by atoms with Gasteiger partial charge in [-0.3, -0.25) is 14.4 Å². The molecule has 6 nitrogen and oxygen atoms in total. The molecule has 1 aliphatic heterocycles. The molecule has 1 saturated heterocycles. The molecule has 6 heteroatoms. The number of carbonyl (C=O) groups is 2. The van der Waals surface area contributed by atoms with Crippen molar-refractivity contribution in [3.63, 3.8) is 0 Å². The lowest BCUT2D eigenvalue weighted by Gasteiger charge is -2.35. The number of fused-ring (bicyclic) bond motifs is 2. The minimum absolute atomic E-state index is 0.0105. The normalized spacial score (nSPS) is 14.1. The van der Waals surface area contributed by atoms with Gasteiger partial charge in [-0.25, -0.2) is 0 Å². The lowest BCUT2D eigenvalue weighted by molar-refractivity contribution is -0.133. The van der Waals surface area contributed by atoms with Crippen LogP contribution in [0.25, 0.3) is 21.8 Å². The van der Waals surface area contributed by atoms with Gasteiger partial charge in [0.1, 0.15) is 6.54 Å². The highest BCUT2D eigenvalue weighted by Gasteiger charge is 2.26. The Kier molecular flexibility index (Phi) is 5.65. The summed E-state index contributed by atoms with van der Waals surface area (Å²) in [6, 6.07) is 20.7. The second kappa shape index (κ2) is 8.78. The zero-order valence-corrected chi connectivity index (χ0v) is 19.5. The van der Waals surface area contributed by atoms with Crippen LogP contribution in [0.3, 0.4) is 0 Å². The van der Waals surface area contributed by atoms with E-state index in [0.29, 0.717) is 42.5 Å². The monoisotopic (exact) mass is 453 g/mol. The number of hydrogen-bond donors (Lipinski definition) is 0. The van der Waals surface area contributed by atoms with E-state index in [1.165, 1.54) is 0 Å². The Morgan fingerprint density at radius 3 is 1.79 bits per heavy atom. The first-order valence-electron chi connectivity index (χ1n) is 11.6. The minimum Gasteiger partial charge on any atom is -0.338 e. The molecule has 0 radical (unpaired) electrons. The third-order valence-electron chi connectivity index (χ3n) is 6.56. The first kappa shape index (κ1) is 21.9. The molecule has 0 bridgehead atoms. The van der Waals surface area contributed by atoms with E-state index in [9.17, 15) is 14.4 Å². The van der Waals surface area contributed by atoms with Crippen LogP contribution in [0.5, 0.6) is 0 Å². The summed E-state index contributed by atoms with van der Waals surface area (Å²) in [7, 11) is 0. The Morgan fingerprint density at radius 1 is 0.735 bits per heavy atom. The standard InChI is InChI=1S/C28H27N3O3/c1-19-15-20(2)17-21(16-19)28(34)30-13-11-29(12-14-30)26(32)18-31-24-9-5-3-7-22(24)27(33)23-8-4-6-10-25(23)31/h3-10,15-17H,11-14,18H2,1-2H3. The molecule has 0 spiro atoms. The second-order valence-corrected chi connectivity index (χ2v) is 9.00. The fourth-order valence-corrected chi connectivity index (χ4v) is 4.92. The van der Waals surface area contributed by atoms with Gasteiger partial charge in [0.05, 0.1) is 11.0 Å². The Balaban J connectivity index is 1.36. The Hall–Kier alpha value is -3.93. The third-order valence-corrected chi connectivity index (χ3v) is 6.56. The SMILES string of the molecule is Cc1cc(C)cc(C(=O)N2CCN(C(=O)Cn3c4ccccc4c(=O)c4ccccc43)CC2)c1. The number of hydrogen-bond acceptors (Lipinski definition) is 3. The van der Waals surface area contributed by atoms with Gasteiger partial charge in [0, 0.05) is 42.5 Å². The molecule has 4 aromatic rings. The fourth-order valence-electron chi connectivity index (χ4n) is 4.92. The van der Waals surface area contributed by atoms with Crippen LogP contribution in [0, 0.1) is 13.8 Å². The number of aromatic nitrogens is 1. The van der Waals surface area contributed by atoms with Crippen LogP contribution in [0.4, 0.5) is 0 Å². The Bertz CT molecular complexity index is 1400. The average Bonchev–Trinajstić information content (AvgIpc) is 2.85. The molecule has 1 aromatic heterocycles. The number of pyridine rings is 1. The summed E-state index contributed by atoms with van der Waals surface area (Å²) in [5.41, 5.74) is 4.32. The average molecular weight is 454 g/mol. The molecule has 2 heterocycles. The topological polar surface area (TPSA) is 62.6 Å². The molecule has 172 valence electrons. The number of carbonyl (C=O) groups excluding carboxylic acids is 2. The predicted molar refractivity (Wildman–Crippen MR) is 134 cm³/mol. The molecule has 0 N–H and O–H groups in total. The summed E-state index contributed by atoms with van der Waals surface area (Å²) < 4.78 is 1.93. The van der Waals surface area contributed by atoms with Crippen LogP contribution < -0.4 is 5.43 Å². The maximum atomic E-state index is 13.3. The molecule has 5 rings (SSSR count). The zero-order valence-electron chi connectivity index (χ0n) is 19.5. The minimum atomic E-state index is -0.0200. The van der Waals surface area contributed by atoms with Gasteiger partial charge < -0.3 is 14.4 Å². The van der Waals surface area contributed by atoms with Crippen molar-refractivity contribution < 1.29 is 9.59 Å². The maximum Gasteiger partial charge on any atom is 0.253 e. The van der Waals surface area contributed by atoms with Gasteiger partial charge in [-0.1, -0.05) is 41.5 Å². The molecule has 2 amide bonds. The smallest absolute Gasteiger partial charge is 0.253 e. The van der Waals surface area contributed by atoms with E-state index >= 15 is 0 Å². The number of para-hydroxylation sites is 2. The number of nitrogens with zero attached hydrogens (tertiary/aromatic N) is 3. The molecule has 0 atom stereocenters. The third kappa shape index (κ3) is 3.96. The summed E-state index contributed by atoms with van der Waals surface area (Å²) in [6.45, 7) is 6.12. The lowest BCUT2D eigenvalue weighted by Crippen LogP contribution is -2.51. The second-order valence-electron chi connectivity index (χ2n) is 9.00. The van der Waals surface area contributed by atoms with Crippen LogP contribution in [0.1, 0.15) is 21.5 Å². The maximum absolute atomic E-state index is 13.3. The van der Waals surface area contributed by atoms with Crippen LogP contribution in [0.2, 0.25) is 0 Å². The molecular weight excluding hydrogens is 426 g/mol. The van der Waals surface area contributed by atoms with Crippen molar-refractivity contribution in [2.45, 2.75) is 20.4 Å². The van der Waals surface area contributed by atoms with Crippen LogP contribution in [0.15, 0.2) is 71.5 Å². The molecular formula is C28H27N3O3. The Labute approximate surface area is 198 Å². The molecule has 0 aliphatic carbocycles. The van der Waals surface area contributed by atoms with Gasteiger partial charge in [0.25, 0.3) is 5.91 Å². The number of aryl methyl sites for hydroxylation is 2. The van der Waals surface area contributed by atoms with Gasteiger partial charge in [0.15, 0.2) is 5.43 Å². The number of amides is 2. The van der Waals surface area contributed by atoms with Crippen LogP contribution in [-0.4, -0.2) is 52.4 Å². The van der Waals surface area contributed by atoms with E-state index < -0.39 is 0 Å². The molecule has 1 fully saturated rings. The van der Waals surface area contributed by atoms with Gasteiger partial charge in [-0.05, 0) is 50.2 Å². The van der Waals surface area contributed by atoms with E-state index in [1.807, 2.05) is 88.9 Å². The molecule has 1 aliphatic rings. The number of benzene rings is 3. The fraction of sp³-hybridized carbons (Fsp3) is 0.250. The first-order valence-corrected chi connectivity index (χ1v) is 11.6. The van der Waals surface area contributed by atoms with Crippen molar-refractivity contribution in [1.29, 1.82) is 0 Å². The molecule has 34 heavy (non-hydrogen) atoms. The summed E-state index contributed by atoms with van der Waals surface area (Å²) in [5, 5.41) is 1.22. The van der Waals surface area contributed by atoms with Gasteiger partial charge in [-0.2, -0.15) is 0 Å². The quantitative estimate of drug-likeness (QED) is 0.444. The summed E-state index contributed by atoms with van der Waals surface area (Å²) >= 11 is 0. The van der Waals surface area contributed by atoms with Crippen molar-refractivity contribution in [1.82, 2.24) is 14.4 Å². The zero-order chi connectivity index (χ0) is 23.8. The highest BCUT2D eigenvalue weighted by atomic mass is 16.2. The largest absolute Gasteiger partial charge is 0.338 e. The lowest BCUT2D eigenvalue weighted by atomic mass is 10.1. The highest BCUT2D eigenvalue weighted by Crippen LogP contribution is 2.20. The van der Waals surface area contributed by atoms with E-state index in [4.69, 9.17) is 0 Å². The molecule has 0 unspecified atom stereocenters. The molecule has 3 aromatic carbocycles. The van der Waals surface area contributed by atoms with Crippen LogP contribution >= 0.6 is 0 Å². The summed E-state index contributed by atoms with van der Waals surface area (Å²) in [4.78, 5) is 42.9. The van der Waals surface area contributed by atoms with Crippen molar-refractivity contribution in [3.8, 4) is 0 Å². The predicted octanol–water partition coefficient (Wildman–Crippen LogP) is 3.76. The van der Waals surface area contributed by atoms with Crippen molar-refractivity contribution in [2.75, 3.05) is 26.2 Å². The van der Waals surface area contributed by atoms with Crippen molar-refractivity contribution in [3.05, 3.63) is 93.6 Å². The van der Waals surface area contributed by atoms with Crippen LogP contribution in [-0.2, 0) is 11.3 Å². The summed E-state index contributed by atoms with van der Waals surface area (Å²) in [5.74, 6) is -0.00579.